The molecule has 6 unspecified atom stereocenters. The van der Waals surface area contributed by atoms with Crippen molar-refractivity contribution < 1.29 is 34.1 Å². The fraction of sp³-hybridized carbons (Fsp3) is 0.800. The molecule has 0 aromatic carbocycles. The Hall–Kier alpha value is -1.25. The molecule has 4 fully saturated rings. The van der Waals surface area contributed by atoms with E-state index in [1.807, 2.05) is 0 Å². The van der Waals surface area contributed by atoms with E-state index in [1.54, 1.807) is 6.08 Å². The molecule has 0 radical (unpaired) electrons. The summed E-state index contributed by atoms with van der Waals surface area (Å²) in [5.41, 5.74) is -2.54. The lowest BCUT2D eigenvalue weighted by Gasteiger charge is -2.65. The maximum absolute atomic E-state index is 12.7. The van der Waals surface area contributed by atoms with Crippen LogP contribution in [0.3, 0.4) is 0 Å². The number of rotatable bonds is 4. The number of aliphatic hydroxyl groups is 2. The number of hydrogen-bond donors (Lipinski definition) is 2. The molecular formula is C25H33BrO7. The van der Waals surface area contributed by atoms with Gasteiger partial charge in [-0.2, -0.15) is 0 Å². The number of alkyl halides is 1. The van der Waals surface area contributed by atoms with Crippen molar-refractivity contribution in [2.75, 3.05) is 11.9 Å². The second-order valence-electron chi connectivity index (χ2n) is 11.2. The Morgan fingerprint density at radius 3 is 2.61 bits per heavy atom. The number of halogens is 1. The van der Waals surface area contributed by atoms with E-state index < -0.39 is 28.1 Å². The minimum absolute atomic E-state index is 0.0855. The lowest BCUT2D eigenvalue weighted by molar-refractivity contribution is -0.249. The monoisotopic (exact) mass is 524 g/mol. The van der Waals surface area contributed by atoms with Crippen molar-refractivity contribution >= 4 is 34.2 Å². The first-order valence-corrected chi connectivity index (χ1v) is 13.3. The molecule has 8 heteroatoms. The second kappa shape index (κ2) is 7.89. The third kappa shape index (κ3) is 3.16. The molecular weight excluding hydrogens is 492 g/mol. The van der Waals surface area contributed by atoms with E-state index in [-0.39, 0.29) is 41.4 Å². The zero-order valence-electron chi connectivity index (χ0n) is 19.1. The molecule has 8 atom stereocenters. The van der Waals surface area contributed by atoms with Gasteiger partial charge in [-0.15, -0.1) is 0 Å². The molecule has 1 aliphatic heterocycles. The first kappa shape index (κ1) is 23.5. The van der Waals surface area contributed by atoms with E-state index in [9.17, 15) is 24.6 Å². The molecule has 0 saturated heterocycles. The van der Waals surface area contributed by atoms with E-state index >= 15 is 0 Å². The van der Waals surface area contributed by atoms with Crippen LogP contribution in [0.5, 0.6) is 0 Å². The van der Waals surface area contributed by atoms with Gasteiger partial charge in [-0.3, -0.25) is 4.79 Å². The highest BCUT2D eigenvalue weighted by Crippen LogP contribution is 2.70. The molecule has 2 N–H and O–H groups in total. The summed E-state index contributed by atoms with van der Waals surface area (Å²) in [5, 5.41) is 24.1. The molecule has 7 nitrogen and oxygen atoms in total. The number of esters is 2. The topological polar surface area (TPSA) is 110 Å². The number of carbonyl (C=O) groups excluding carboxylic acids is 3. The minimum atomic E-state index is -1.23. The first-order valence-electron chi connectivity index (χ1n) is 12.2. The Morgan fingerprint density at radius 1 is 1.18 bits per heavy atom. The van der Waals surface area contributed by atoms with Crippen LogP contribution >= 0.6 is 15.9 Å². The zero-order valence-corrected chi connectivity index (χ0v) is 20.6. The van der Waals surface area contributed by atoms with Crippen LogP contribution in [0.1, 0.15) is 64.7 Å². The summed E-state index contributed by atoms with van der Waals surface area (Å²) in [6, 6.07) is 0. The molecule has 33 heavy (non-hydrogen) atoms. The summed E-state index contributed by atoms with van der Waals surface area (Å²) in [5.74, 6) is -0.792. The molecule has 0 aromatic rings. The largest absolute Gasteiger partial charge is 0.462 e. The molecule has 5 rings (SSSR count). The van der Waals surface area contributed by atoms with Gasteiger partial charge in [0.15, 0.2) is 0 Å². The molecule has 5 aliphatic rings. The highest BCUT2D eigenvalue weighted by molar-refractivity contribution is 9.09. The highest BCUT2D eigenvalue weighted by atomic mass is 79.9. The smallest absolute Gasteiger partial charge is 0.331 e. The molecule has 0 aromatic heterocycles. The van der Waals surface area contributed by atoms with Gasteiger partial charge in [0.2, 0.25) is 0 Å². The number of cyclic esters (lactones) is 1. The average molecular weight is 525 g/mol. The van der Waals surface area contributed by atoms with Gasteiger partial charge in [-0.1, -0.05) is 22.9 Å². The lowest BCUT2D eigenvalue weighted by Crippen LogP contribution is -2.69. The fourth-order valence-electron chi connectivity index (χ4n) is 8.64. The van der Waals surface area contributed by atoms with Gasteiger partial charge in [-0.25, -0.2) is 4.79 Å². The van der Waals surface area contributed by atoms with Gasteiger partial charge in [-0.05, 0) is 74.7 Å². The number of aldehydes is 1. The van der Waals surface area contributed by atoms with Crippen LogP contribution in [0.2, 0.25) is 0 Å². The molecule has 1 heterocycles. The lowest BCUT2D eigenvalue weighted by atomic mass is 9.41. The summed E-state index contributed by atoms with van der Waals surface area (Å²) in [6.45, 7) is 2.44. The van der Waals surface area contributed by atoms with Gasteiger partial charge in [0.05, 0.1) is 16.6 Å². The van der Waals surface area contributed by atoms with Gasteiger partial charge in [0.25, 0.3) is 0 Å². The van der Waals surface area contributed by atoms with Gasteiger partial charge in [0, 0.05) is 17.9 Å². The number of ether oxygens (including phenoxy) is 2. The normalized spacial score (nSPS) is 48.7. The summed E-state index contributed by atoms with van der Waals surface area (Å²) in [4.78, 5) is 36.2. The molecule has 0 amide bonds. The maximum Gasteiger partial charge on any atom is 0.331 e. The number of hydrogen-bond acceptors (Lipinski definition) is 7. The predicted molar refractivity (Wildman–Crippen MR) is 121 cm³/mol. The quantitative estimate of drug-likeness (QED) is 0.330. The summed E-state index contributed by atoms with van der Waals surface area (Å²) >= 11 is 3.11. The van der Waals surface area contributed by atoms with Crippen LogP contribution in [-0.4, -0.2) is 57.7 Å². The van der Waals surface area contributed by atoms with Crippen molar-refractivity contribution in [2.45, 2.75) is 82.0 Å². The zero-order chi connectivity index (χ0) is 23.6. The van der Waals surface area contributed by atoms with Crippen LogP contribution in [0.4, 0.5) is 0 Å². The SMILES string of the molecule is C[C@]12CCC3C(CCC4(O)CC(OC(=O)CBr)CC[C@]34C=O)C1(O)CCC2C1=CC(=O)OC1. The van der Waals surface area contributed by atoms with Crippen LogP contribution in [-0.2, 0) is 23.9 Å². The van der Waals surface area contributed by atoms with E-state index in [0.717, 1.165) is 31.1 Å². The van der Waals surface area contributed by atoms with Crippen molar-refractivity contribution in [3.8, 4) is 0 Å². The van der Waals surface area contributed by atoms with Crippen molar-refractivity contribution in [3.63, 3.8) is 0 Å². The van der Waals surface area contributed by atoms with Gasteiger partial charge >= 0.3 is 11.9 Å². The van der Waals surface area contributed by atoms with Crippen molar-refractivity contribution in [1.82, 2.24) is 0 Å². The standard InChI is InChI=1S/C25H33BrO7/c1-22-6-3-18-19(25(22,31)9-5-17(22)15-10-20(28)32-13-15)4-8-24(30)11-16(33-21(29)12-26)2-7-23(18,24)14-27/h10,14,16-19,30-31H,2-9,11-13H2,1H3/t16?,17?,18?,19?,22-,23+,24?,25?/m1/s1. The van der Waals surface area contributed by atoms with E-state index in [2.05, 4.69) is 22.9 Å². The Kier molecular flexibility index (Phi) is 5.61. The molecule has 182 valence electrons. The first-order chi connectivity index (χ1) is 15.6. The molecule has 0 spiro atoms. The Morgan fingerprint density at radius 2 is 1.94 bits per heavy atom. The third-order valence-electron chi connectivity index (χ3n) is 10.2. The van der Waals surface area contributed by atoms with Crippen molar-refractivity contribution in [3.05, 3.63) is 11.6 Å². The predicted octanol–water partition coefficient (Wildman–Crippen LogP) is 2.84. The number of carbonyl (C=O) groups is 3. The van der Waals surface area contributed by atoms with Crippen LogP contribution in [0, 0.1) is 28.6 Å². The summed E-state index contributed by atoms with van der Waals surface area (Å²) in [6.07, 6.45) is 7.33. The fourth-order valence-corrected chi connectivity index (χ4v) is 8.77. The van der Waals surface area contributed by atoms with Crippen LogP contribution in [0.15, 0.2) is 11.6 Å². The van der Waals surface area contributed by atoms with Crippen LogP contribution < -0.4 is 0 Å². The van der Waals surface area contributed by atoms with Crippen molar-refractivity contribution in [2.24, 2.45) is 28.6 Å². The Labute approximate surface area is 202 Å². The molecule has 4 aliphatic carbocycles. The Bertz CT molecular complexity index is 903. The minimum Gasteiger partial charge on any atom is -0.462 e. The maximum atomic E-state index is 12.7. The van der Waals surface area contributed by atoms with Crippen LogP contribution in [0.25, 0.3) is 0 Å². The Balaban J connectivity index is 1.44. The van der Waals surface area contributed by atoms with Crippen molar-refractivity contribution in [1.29, 1.82) is 0 Å². The van der Waals surface area contributed by atoms with E-state index in [4.69, 9.17) is 9.47 Å². The van der Waals surface area contributed by atoms with E-state index in [0.29, 0.717) is 38.7 Å². The summed E-state index contributed by atoms with van der Waals surface area (Å²) in [7, 11) is 0. The van der Waals surface area contributed by atoms with Gasteiger partial charge < -0.3 is 24.5 Å². The number of fused-ring (bicyclic) bond motifs is 5. The third-order valence-corrected chi connectivity index (χ3v) is 10.7. The second-order valence-corrected chi connectivity index (χ2v) is 11.8. The van der Waals surface area contributed by atoms with Gasteiger partial charge in [0.1, 0.15) is 24.3 Å². The molecule has 4 saturated carbocycles. The highest BCUT2D eigenvalue weighted by Gasteiger charge is 2.71. The molecule has 0 bridgehead atoms. The average Bonchev–Trinajstić information content (AvgIpc) is 3.33. The summed E-state index contributed by atoms with van der Waals surface area (Å²) < 4.78 is 10.7. The van der Waals surface area contributed by atoms with E-state index in [1.165, 1.54) is 0 Å².